The predicted molar refractivity (Wildman–Crippen MR) is 96.5 cm³/mol. The first-order valence-electron chi connectivity index (χ1n) is 8.07. The molecule has 1 aromatic rings. The number of nitrogens with one attached hydrogen (secondary N) is 1. The minimum Gasteiger partial charge on any atom is -0.299 e. The molecule has 2 saturated carbocycles. The Morgan fingerprint density at radius 2 is 1.76 bits per heavy atom. The van der Waals surface area contributed by atoms with Crippen LogP contribution >= 0.6 is 0 Å². The number of carbonyl (C=O) groups excluding carboxylic acids is 1. The Balaban J connectivity index is 0.000000196. The van der Waals surface area contributed by atoms with E-state index >= 15 is 0 Å². The average molecular weight is 388 g/mol. The van der Waals surface area contributed by atoms with Crippen LogP contribution in [0.3, 0.4) is 0 Å². The van der Waals surface area contributed by atoms with Gasteiger partial charge in [0.05, 0.1) is 20.9 Å². The quantitative estimate of drug-likeness (QED) is 0.774. The van der Waals surface area contributed by atoms with Crippen LogP contribution in [0.4, 0.5) is 0 Å². The highest BCUT2D eigenvalue weighted by atomic mass is 32.2. The molecule has 0 saturated heterocycles. The van der Waals surface area contributed by atoms with Gasteiger partial charge < -0.3 is 0 Å². The molecule has 25 heavy (non-hydrogen) atoms. The third-order valence-electron chi connectivity index (χ3n) is 5.76. The molecule has 3 atom stereocenters. The summed E-state index contributed by atoms with van der Waals surface area (Å²) in [6, 6.07) is 8.82. The van der Waals surface area contributed by atoms with Gasteiger partial charge in [-0.05, 0) is 36.3 Å². The van der Waals surface area contributed by atoms with Gasteiger partial charge in [-0.3, -0.25) is 9.35 Å². The molecule has 140 valence electrons. The molecule has 0 aromatic heterocycles. The number of ketones is 1. The Kier molecular flexibility index (Phi) is 5.20. The molecule has 0 aliphatic heterocycles. The molecule has 2 N–H and O–H groups in total. The topological polar surface area (TPSA) is 112 Å². The fourth-order valence-corrected chi connectivity index (χ4v) is 6.08. The molecular weight excluding hydrogens is 362 g/mol. The van der Waals surface area contributed by atoms with E-state index in [1.165, 1.54) is 6.26 Å². The molecule has 6 nitrogen and oxygen atoms in total. The fraction of sp³-hybridized carbons (Fsp3) is 0.588. The van der Waals surface area contributed by atoms with Gasteiger partial charge in [0, 0.05) is 17.6 Å². The van der Waals surface area contributed by atoms with Crippen molar-refractivity contribution >= 4 is 25.6 Å². The van der Waals surface area contributed by atoms with Gasteiger partial charge in [-0.25, -0.2) is 8.99 Å². The summed E-state index contributed by atoms with van der Waals surface area (Å²) >= 11 is 0. The van der Waals surface area contributed by atoms with E-state index in [2.05, 4.69) is 0 Å². The van der Waals surface area contributed by atoms with E-state index in [0.717, 1.165) is 6.42 Å². The Labute approximate surface area is 149 Å². The molecule has 0 spiro atoms. The Bertz CT molecular complexity index is 860. The number of fused-ring (bicyclic) bond motifs is 2. The number of hydrogen-bond acceptors (Lipinski definition) is 5. The minimum atomic E-state index is -4.08. The van der Waals surface area contributed by atoms with E-state index in [1.807, 2.05) is 19.9 Å². The van der Waals surface area contributed by atoms with Crippen LogP contribution in [0.15, 0.2) is 35.2 Å². The average Bonchev–Trinajstić information content (AvgIpc) is 2.80. The van der Waals surface area contributed by atoms with Gasteiger partial charge >= 0.3 is 0 Å². The summed E-state index contributed by atoms with van der Waals surface area (Å²) in [5, 5.41) is 0. The van der Waals surface area contributed by atoms with Crippen LogP contribution in [-0.4, -0.2) is 35.0 Å². The van der Waals surface area contributed by atoms with E-state index in [9.17, 15) is 17.4 Å². The largest absolute Gasteiger partial charge is 0.299 e. The SMILES string of the molecule is CC1(C)C2CCC1(CS(=O)(=O)O)C(=O)C2.C[S@](=N)(=O)c1ccccc1. The molecule has 0 heterocycles. The van der Waals surface area contributed by atoms with E-state index < -0.39 is 31.0 Å². The highest BCUT2D eigenvalue weighted by molar-refractivity contribution is 7.91. The van der Waals surface area contributed by atoms with Gasteiger partial charge in [0.1, 0.15) is 5.78 Å². The maximum absolute atomic E-state index is 11.9. The van der Waals surface area contributed by atoms with Gasteiger partial charge in [0.15, 0.2) is 0 Å². The lowest BCUT2D eigenvalue weighted by Gasteiger charge is -2.35. The first-order valence-corrected chi connectivity index (χ1v) is 11.6. The molecule has 8 heteroatoms. The number of rotatable bonds is 3. The molecule has 2 unspecified atom stereocenters. The summed E-state index contributed by atoms with van der Waals surface area (Å²) in [5.41, 5.74) is -1.12. The van der Waals surface area contributed by atoms with Crippen molar-refractivity contribution in [2.75, 3.05) is 12.0 Å². The second kappa shape index (κ2) is 6.48. The molecule has 1 aromatic carbocycles. The van der Waals surface area contributed by atoms with Crippen LogP contribution in [0, 0.1) is 21.5 Å². The normalized spacial score (nSPS) is 29.6. The maximum atomic E-state index is 11.9. The van der Waals surface area contributed by atoms with Crippen molar-refractivity contribution in [3.8, 4) is 0 Å². The number of Topliss-reactive ketones (excluding diaryl/α,β-unsaturated/α-hetero) is 1. The second-order valence-electron chi connectivity index (χ2n) is 7.55. The van der Waals surface area contributed by atoms with Crippen molar-refractivity contribution in [1.82, 2.24) is 0 Å². The van der Waals surface area contributed by atoms with E-state index in [-0.39, 0.29) is 17.1 Å². The molecule has 2 aliphatic carbocycles. The second-order valence-corrected chi connectivity index (χ2v) is 11.2. The molecule has 2 fully saturated rings. The molecular formula is C17H25NO5S2. The number of benzene rings is 1. The summed E-state index contributed by atoms with van der Waals surface area (Å²) in [7, 11) is -6.58. The standard InChI is InChI=1S/C10H16O4S.C7H9NOS/c1-9(2)7-3-4-10(9,8(11)5-7)6-15(12,13)14;1-10(8,9)7-5-3-2-4-6-7/h7H,3-6H2,1-2H3,(H,12,13,14);2-6,8H,1H3/t;10-/m.0/s1. The van der Waals surface area contributed by atoms with Crippen LogP contribution < -0.4 is 0 Å². The molecule has 2 aliphatic rings. The molecule has 0 radical (unpaired) electrons. The first kappa shape index (κ1) is 20.1. The summed E-state index contributed by atoms with van der Waals surface area (Å²) < 4.78 is 49.2. The monoisotopic (exact) mass is 387 g/mol. The van der Waals surface area contributed by atoms with Crippen molar-refractivity contribution in [3.63, 3.8) is 0 Å². The van der Waals surface area contributed by atoms with Gasteiger partial charge in [-0.1, -0.05) is 32.0 Å². The lowest BCUT2D eigenvalue weighted by atomic mass is 9.70. The van der Waals surface area contributed by atoms with Crippen LogP contribution in [0.1, 0.15) is 33.1 Å². The maximum Gasteiger partial charge on any atom is 0.265 e. The van der Waals surface area contributed by atoms with Gasteiger partial charge in [0.25, 0.3) is 10.1 Å². The third-order valence-corrected chi connectivity index (χ3v) is 7.79. The Hall–Kier alpha value is -1.25. The minimum absolute atomic E-state index is 0.0152. The molecule has 0 amide bonds. The van der Waals surface area contributed by atoms with Crippen LogP contribution in [-0.2, 0) is 24.6 Å². The zero-order valence-electron chi connectivity index (χ0n) is 14.7. The zero-order valence-corrected chi connectivity index (χ0v) is 16.3. The Morgan fingerprint density at radius 3 is 2.08 bits per heavy atom. The lowest BCUT2D eigenvalue weighted by Crippen LogP contribution is -2.42. The summed E-state index contributed by atoms with van der Waals surface area (Å²) in [5.74, 6) is -0.101. The number of hydrogen-bond donors (Lipinski definition) is 2. The smallest absolute Gasteiger partial charge is 0.265 e. The highest BCUT2D eigenvalue weighted by Gasteiger charge is 2.65. The van der Waals surface area contributed by atoms with Crippen molar-refractivity contribution in [1.29, 1.82) is 4.78 Å². The van der Waals surface area contributed by atoms with Crippen molar-refractivity contribution in [3.05, 3.63) is 30.3 Å². The van der Waals surface area contributed by atoms with Gasteiger partial charge in [-0.2, -0.15) is 8.42 Å². The van der Waals surface area contributed by atoms with E-state index in [1.54, 1.807) is 24.3 Å². The highest BCUT2D eigenvalue weighted by Crippen LogP contribution is 2.64. The van der Waals surface area contributed by atoms with Crippen LogP contribution in [0.5, 0.6) is 0 Å². The first-order chi connectivity index (χ1) is 11.3. The summed E-state index contributed by atoms with van der Waals surface area (Å²) in [4.78, 5) is 12.5. The van der Waals surface area contributed by atoms with Crippen LogP contribution in [0.25, 0.3) is 0 Å². The zero-order chi connectivity index (χ0) is 19.1. The molecule has 2 bridgehead atoms. The number of carbonyl (C=O) groups is 1. The van der Waals surface area contributed by atoms with Crippen LogP contribution in [0.2, 0.25) is 0 Å². The van der Waals surface area contributed by atoms with Gasteiger partial charge in [0.2, 0.25) is 0 Å². The summed E-state index contributed by atoms with van der Waals surface area (Å²) in [6.07, 6.45) is 3.39. The van der Waals surface area contributed by atoms with E-state index in [4.69, 9.17) is 9.33 Å². The summed E-state index contributed by atoms with van der Waals surface area (Å²) in [6.45, 7) is 3.89. The third kappa shape index (κ3) is 3.96. The van der Waals surface area contributed by atoms with Crippen molar-refractivity contribution in [2.45, 2.75) is 38.0 Å². The van der Waals surface area contributed by atoms with Gasteiger partial charge in [-0.15, -0.1) is 0 Å². The molecule has 3 rings (SSSR count). The lowest BCUT2D eigenvalue weighted by molar-refractivity contribution is -0.128. The predicted octanol–water partition coefficient (Wildman–Crippen LogP) is 2.99. The Morgan fingerprint density at radius 1 is 1.20 bits per heavy atom. The van der Waals surface area contributed by atoms with E-state index in [0.29, 0.717) is 17.7 Å². The van der Waals surface area contributed by atoms with Crippen molar-refractivity contribution in [2.24, 2.45) is 16.7 Å². The fourth-order valence-electron chi connectivity index (χ4n) is 4.10. The van der Waals surface area contributed by atoms with Crippen molar-refractivity contribution < 1.29 is 22.0 Å².